The van der Waals surface area contributed by atoms with E-state index in [9.17, 15) is 0 Å². The number of hydrogen-bond acceptors (Lipinski definition) is 4. The third kappa shape index (κ3) is 1.64. The minimum atomic E-state index is -0.0311. The highest BCUT2D eigenvalue weighted by Crippen LogP contribution is 2.24. The van der Waals surface area contributed by atoms with Gasteiger partial charge in [-0.25, -0.2) is 0 Å². The Bertz CT molecular complexity index is 336. The van der Waals surface area contributed by atoms with E-state index >= 15 is 0 Å². The maximum absolute atomic E-state index is 8.44. The molecule has 0 saturated heterocycles. The summed E-state index contributed by atoms with van der Waals surface area (Å²) in [7, 11) is 1.50. The van der Waals surface area contributed by atoms with Crippen LogP contribution in [-0.2, 0) is 0 Å². The van der Waals surface area contributed by atoms with Gasteiger partial charge in [-0.2, -0.15) is 0 Å². The zero-order valence-corrected chi connectivity index (χ0v) is 7.19. The molecule has 1 rings (SSSR count). The summed E-state index contributed by atoms with van der Waals surface area (Å²) >= 11 is 0. The monoisotopic (exact) mass is 181 g/mol. The Morgan fingerprint density at radius 3 is 2.77 bits per heavy atom. The number of nitrogen functional groups attached to an aromatic ring is 1. The van der Waals surface area contributed by atoms with Crippen LogP contribution in [-0.4, -0.2) is 18.2 Å². The molecule has 0 saturated carbocycles. The van der Waals surface area contributed by atoms with E-state index in [1.165, 1.54) is 7.11 Å². The van der Waals surface area contributed by atoms with E-state index in [4.69, 9.17) is 21.4 Å². The number of benzene rings is 1. The molecule has 0 amide bonds. The molecule has 70 valence electrons. The highest BCUT2D eigenvalue weighted by atomic mass is 16.5. The summed E-state index contributed by atoms with van der Waals surface area (Å²) in [4.78, 5) is 0. The summed E-state index contributed by atoms with van der Waals surface area (Å²) in [6, 6.07) is 5.05. The molecule has 0 heterocycles. The van der Waals surface area contributed by atoms with Crippen molar-refractivity contribution in [2.24, 2.45) is 10.9 Å². The summed E-state index contributed by atoms with van der Waals surface area (Å²) in [5.41, 5.74) is 11.9. The minimum absolute atomic E-state index is 0.0311. The van der Waals surface area contributed by atoms with Gasteiger partial charge in [0, 0.05) is 5.56 Å². The van der Waals surface area contributed by atoms with Crippen LogP contribution >= 0.6 is 0 Å². The number of anilines is 1. The molecular weight excluding hydrogens is 170 g/mol. The molecule has 5 nitrogen and oxygen atoms in total. The first kappa shape index (κ1) is 9.18. The van der Waals surface area contributed by atoms with Crippen LogP contribution in [0.5, 0.6) is 5.75 Å². The van der Waals surface area contributed by atoms with Crippen LogP contribution in [0.2, 0.25) is 0 Å². The summed E-state index contributed by atoms with van der Waals surface area (Å²) in [6.07, 6.45) is 0. The van der Waals surface area contributed by atoms with Gasteiger partial charge in [0.2, 0.25) is 0 Å². The molecule has 0 bridgehead atoms. The Labute approximate surface area is 75.6 Å². The average Bonchev–Trinajstić information content (AvgIpc) is 2.17. The van der Waals surface area contributed by atoms with Crippen LogP contribution < -0.4 is 16.2 Å². The number of hydrogen-bond donors (Lipinski definition) is 3. The first-order chi connectivity index (χ1) is 6.20. The summed E-state index contributed by atoms with van der Waals surface area (Å²) in [6.45, 7) is 0. The van der Waals surface area contributed by atoms with E-state index in [0.717, 1.165) is 0 Å². The molecule has 5 heteroatoms. The molecule has 0 aliphatic heterocycles. The lowest BCUT2D eigenvalue weighted by Gasteiger charge is -2.07. The first-order valence-corrected chi connectivity index (χ1v) is 3.61. The van der Waals surface area contributed by atoms with E-state index < -0.39 is 0 Å². The Kier molecular flexibility index (Phi) is 2.59. The first-order valence-electron chi connectivity index (χ1n) is 3.61. The third-order valence-corrected chi connectivity index (χ3v) is 1.67. The molecule has 0 unspecified atom stereocenters. The van der Waals surface area contributed by atoms with Crippen molar-refractivity contribution in [1.29, 1.82) is 0 Å². The van der Waals surface area contributed by atoms with E-state index in [1.54, 1.807) is 18.2 Å². The lowest BCUT2D eigenvalue weighted by Crippen LogP contribution is -2.15. The predicted molar refractivity (Wildman–Crippen MR) is 49.9 cm³/mol. The number of oxime groups is 1. The Hall–Kier alpha value is -1.91. The van der Waals surface area contributed by atoms with Crippen molar-refractivity contribution in [1.82, 2.24) is 0 Å². The molecule has 0 aliphatic rings. The molecule has 0 radical (unpaired) electrons. The number of methoxy groups -OCH3 is 1. The zero-order valence-electron chi connectivity index (χ0n) is 7.19. The summed E-state index contributed by atoms with van der Waals surface area (Å²) in [5.74, 6) is 0.473. The molecule has 1 aromatic carbocycles. The Morgan fingerprint density at radius 1 is 1.54 bits per heavy atom. The lowest BCUT2D eigenvalue weighted by molar-refractivity contribution is 0.318. The second-order valence-corrected chi connectivity index (χ2v) is 2.41. The number of nitrogens with two attached hydrogens (primary N) is 2. The normalized spacial score (nSPS) is 11.3. The fraction of sp³-hybridized carbons (Fsp3) is 0.125. The van der Waals surface area contributed by atoms with Gasteiger partial charge < -0.3 is 21.4 Å². The van der Waals surface area contributed by atoms with Crippen molar-refractivity contribution in [3.63, 3.8) is 0 Å². The van der Waals surface area contributed by atoms with Crippen molar-refractivity contribution in [2.75, 3.05) is 12.8 Å². The van der Waals surface area contributed by atoms with E-state index in [2.05, 4.69) is 5.16 Å². The topological polar surface area (TPSA) is 93.9 Å². The maximum atomic E-state index is 8.44. The van der Waals surface area contributed by atoms with Crippen molar-refractivity contribution in [3.05, 3.63) is 23.8 Å². The molecule has 0 spiro atoms. The van der Waals surface area contributed by atoms with Crippen LogP contribution in [0.25, 0.3) is 0 Å². The molecule has 5 N–H and O–H groups in total. The number of amidine groups is 1. The second kappa shape index (κ2) is 3.66. The number of para-hydroxylation sites is 1. The van der Waals surface area contributed by atoms with Crippen molar-refractivity contribution in [2.45, 2.75) is 0 Å². The molecule has 0 aliphatic carbocycles. The fourth-order valence-corrected chi connectivity index (χ4v) is 0.999. The van der Waals surface area contributed by atoms with Gasteiger partial charge in [-0.3, -0.25) is 0 Å². The van der Waals surface area contributed by atoms with Gasteiger partial charge in [0.25, 0.3) is 0 Å². The van der Waals surface area contributed by atoms with Gasteiger partial charge >= 0.3 is 0 Å². The molecule has 0 aromatic heterocycles. The van der Waals surface area contributed by atoms with Crippen LogP contribution in [0.4, 0.5) is 5.69 Å². The van der Waals surface area contributed by atoms with Gasteiger partial charge in [-0.1, -0.05) is 11.2 Å². The molecule has 0 fully saturated rings. The molecule has 1 aromatic rings. The van der Waals surface area contributed by atoms with E-state index in [0.29, 0.717) is 17.0 Å². The smallest absolute Gasteiger partial charge is 0.172 e. The number of rotatable bonds is 2. The van der Waals surface area contributed by atoms with Gasteiger partial charge in [-0.05, 0) is 12.1 Å². The quantitative estimate of drug-likeness (QED) is 0.202. The molecule has 13 heavy (non-hydrogen) atoms. The minimum Gasteiger partial charge on any atom is -0.495 e. The standard InChI is InChI=1S/C8H11N3O2/c1-13-6-4-2-3-5(7(6)9)8(10)11-12/h2-4,12H,9H2,1H3,(H2,10,11). The molecule has 0 atom stereocenters. The Morgan fingerprint density at radius 2 is 2.23 bits per heavy atom. The highest BCUT2D eigenvalue weighted by Gasteiger charge is 2.07. The fourth-order valence-electron chi connectivity index (χ4n) is 0.999. The third-order valence-electron chi connectivity index (χ3n) is 1.67. The van der Waals surface area contributed by atoms with Crippen LogP contribution in [0, 0.1) is 0 Å². The summed E-state index contributed by atoms with van der Waals surface area (Å²) < 4.78 is 4.96. The predicted octanol–water partition coefficient (Wildman–Crippen LogP) is 0.372. The average molecular weight is 181 g/mol. The number of nitrogens with zero attached hydrogens (tertiary/aromatic N) is 1. The van der Waals surface area contributed by atoms with Crippen molar-refractivity contribution < 1.29 is 9.94 Å². The van der Waals surface area contributed by atoms with Crippen LogP contribution in [0.1, 0.15) is 5.56 Å². The largest absolute Gasteiger partial charge is 0.495 e. The SMILES string of the molecule is COc1cccc(/C(N)=N/O)c1N. The van der Waals surface area contributed by atoms with Crippen LogP contribution in [0.3, 0.4) is 0 Å². The van der Waals surface area contributed by atoms with E-state index in [-0.39, 0.29) is 5.84 Å². The van der Waals surface area contributed by atoms with Gasteiger partial charge in [0.1, 0.15) is 5.75 Å². The zero-order chi connectivity index (χ0) is 9.84. The lowest BCUT2D eigenvalue weighted by atomic mass is 10.1. The molecular formula is C8H11N3O2. The van der Waals surface area contributed by atoms with E-state index in [1.807, 2.05) is 0 Å². The van der Waals surface area contributed by atoms with Gasteiger partial charge in [0.05, 0.1) is 12.8 Å². The summed E-state index contributed by atoms with van der Waals surface area (Å²) in [5, 5.41) is 11.3. The Balaban J connectivity index is 3.23. The van der Waals surface area contributed by atoms with Crippen molar-refractivity contribution in [3.8, 4) is 5.75 Å². The number of ether oxygens (including phenoxy) is 1. The van der Waals surface area contributed by atoms with Gasteiger partial charge in [-0.15, -0.1) is 0 Å². The highest BCUT2D eigenvalue weighted by molar-refractivity contribution is 6.02. The second-order valence-electron chi connectivity index (χ2n) is 2.41. The van der Waals surface area contributed by atoms with Gasteiger partial charge in [0.15, 0.2) is 5.84 Å². The van der Waals surface area contributed by atoms with Crippen LogP contribution in [0.15, 0.2) is 23.4 Å². The van der Waals surface area contributed by atoms with Crippen molar-refractivity contribution >= 4 is 11.5 Å². The maximum Gasteiger partial charge on any atom is 0.172 e.